The third kappa shape index (κ3) is 3.52. The number of aromatic carboxylic acids is 1. The molecule has 0 atom stereocenters. The fourth-order valence-corrected chi connectivity index (χ4v) is 4.08. The Morgan fingerprint density at radius 3 is 2.43 bits per heavy atom. The van der Waals surface area contributed by atoms with Gasteiger partial charge in [-0.15, -0.1) is 0 Å². The lowest BCUT2D eigenvalue weighted by Crippen LogP contribution is -2.48. The highest BCUT2D eigenvalue weighted by molar-refractivity contribution is 6.07. The predicted octanol–water partition coefficient (Wildman–Crippen LogP) is 1.96. The second kappa shape index (κ2) is 7.22. The number of anilines is 1. The van der Waals surface area contributed by atoms with E-state index in [9.17, 15) is 14.7 Å². The topological polar surface area (TPSA) is 69.0 Å². The average molecular weight is 384 g/mol. The number of amides is 1. The first-order chi connectivity index (χ1) is 13.3. The average Bonchev–Trinajstić information content (AvgIpc) is 3.46. The van der Waals surface area contributed by atoms with Crippen molar-refractivity contribution in [2.75, 3.05) is 51.7 Å². The summed E-state index contributed by atoms with van der Waals surface area (Å²) in [7, 11) is 5.78. The van der Waals surface area contributed by atoms with E-state index in [1.165, 1.54) is 0 Å². The molecule has 0 spiro atoms. The van der Waals surface area contributed by atoms with Gasteiger partial charge in [0.15, 0.2) is 0 Å². The number of carbonyl (C=O) groups is 2. The molecule has 28 heavy (non-hydrogen) atoms. The zero-order valence-corrected chi connectivity index (χ0v) is 16.8. The molecule has 2 heterocycles. The van der Waals surface area contributed by atoms with Crippen LogP contribution in [0.4, 0.5) is 5.69 Å². The van der Waals surface area contributed by atoms with Crippen molar-refractivity contribution in [1.29, 1.82) is 0 Å². The fraction of sp³-hybridized carbons (Fsp3) is 0.524. The minimum absolute atomic E-state index is 0.0402. The summed E-state index contributed by atoms with van der Waals surface area (Å²) in [5.74, 6) is -0.437. The predicted molar refractivity (Wildman–Crippen MR) is 109 cm³/mol. The highest BCUT2D eigenvalue weighted by Crippen LogP contribution is 2.45. The Hall–Kier alpha value is -2.38. The van der Waals surface area contributed by atoms with Gasteiger partial charge in [-0.2, -0.15) is 0 Å². The van der Waals surface area contributed by atoms with Crippen molar-refractivity contribution in [3.05, 3.63) is 29.5 Å². The molecular formula is C21H28N4O3. The van der Waals surface area contributed by atoms with Crippen LogP contribution >= 0.6 is 0 Å². The number of rotatable bonds is 5. The number of carbonyl (C=O) groups excluding carboxylic acids is 1. The lowest BCUT2D eigenvalue weighted by Gasteiger charge is -2.32. The van der Waals surface area contributed by atoms with E-state index in [-0.39, 0.29) is 5.91 Å². The van der Waals surface area contributed by atoms with E-state index >= 15 is 0 Å². The molecule has 0 unspecified atom stereocenters. The van der Waals surface area contributed by atoms with E-state index in [2.05, 4.69) is 22.9 Å². The second-order valence-electron chi connectivity index (χ2n) is 8.20. The zero-order chi connectivity index (χ0) is 20.0. The number of benzene rings is 1. The highest BCUT2D eigenvalue weighted by atomic mass is 16.4. The van der Waals surface area contributed by atoms with Crippen LogP contribution < -0.4 is 4.90 Å². The summed E-state index contributed by atoms with van der Waals surface area (Å²) in [6, 6.07) is 3.93. The first-order valence-corrected chi connectivity index (χ1v) is 9.89. The number of nitrogens with zero attached hydrogens (tertiary/aromatic N) is 4. The van der Waals surface area contributed by atoms with Crippen molar-refractivity contribution < 1.29 is 14.7 Å². The summed E-state index contributed by atoms with van der Waals surface area (Å²) in [4.78, 5) is 30.8. The molecule has 1 aromatic carbocycles. The van der Waals surface area contributed by atoms with Crippen LogP contribution in [0, 0.1) is 0 Å². The molecule has 1 aromatic heterocycles. The molecule has 1 amide bonds. The molecule has 1 saturated carbocycles. The molecule has 1 aliphatic heterocycles. The number of likely N-dealkylation sites (N-methyl/N-ethyl adjacent to an activating group) is 2. The molecule has 1 N–H and O–H groups in total. The van der Waals surface area contributed by atoms with Crippen molar-refractivity contribution in [1.82, 2.24) is 14.4 Å². The van der Waals surface area contributed by atoms with Gasteiger partial charge in [0.1, 0.15) is 0 Å². The van der Waals surface area contributed by atoms with Crippen LogP contribution in [0.1, 0.15) is 34.7 Å². The van der Waals surface area contributed by atoms with Gasteiger partial charge in [-0.25, -0.2) is 4.79 Å². The van der Waals surface area contributed by atoms with Gasteiger partial charge in [0.25, 0.3) is 0 Å². The minimum Gasteiger partial charge on any atom is -0.478 e. The van der Waals surface area contributed by atoms with E-state index < -0.39 is 5.97 Å². The summed E-state index contributed by atoms with van der Waals surface area (Å²) in [5.41, 5.74) is 3.20. The first-order valence-electron chi connectivity index (χ1n) is 9.89. The minimum atomic E-state index is -0.934. The maximum absolute atomic E-state index is 12.9. The molecular weight excluding hydrogens is 356 g/mol. The van der Waals surface area contributed by atoms with Gasteiger partial charge < -0.3 is 19.5 Å². The van der Waals surface area contributed by atoms with Crippen molar-refractivity contribution in [3.8, 4) is 0 Å². The van der Waals surface area contributed by atoms with Gasteiger partial charge in [0.2, 0.25) is 5.91 Å². The Morgan fingerprint density at radius 1 is 1.14 bits per heavy atom. The molecule has 2 aliphatic rings. The highest BCUT2D eigenvalue weighted by Gasteiger charge is 2.30. The van der Waals surface area contributed by atoms with Crippen LogP contribution in [0.25, 0.3) is 10.9 Å². The summed E-state index contributed by atoms with van der Waals surface area (Å²) in [6.07, 6.45) is 3.91. The van der Waals surface area contributed by atoms with E-state index in [0.29, 0.717) is 23.4 Å². The Bertz CT molecular complexity index is 923. The number of carboxylic acids is 1. The number of carboxylic acid groups (broad SMARTS) is 1. The molecule has 150 valence electrons. The Kier molecular flexibility index (Phi) is 4.89. The first kappa shape index (κ1) is 19.0. The van der Waals surface area contributed by atoms with Gasteiger partial charge in [-0.05, 0) is 43.5 Å². The van der Waals surface area contributed by atoms with E-state index in [0.717, 1.165) is 55.8 Å². The Balaban J connectivity index is 1.65. The van der Waals surface area contributed by atoms with Crippen LogP contribution in [-0.4, -0.2) is 78.2 Å². The lowest BCUT2D eigenvalue weighted by atomic mass is 10.0. The number of hydrogen-bond acceptors (Lipinski definition) is 4. The number of fused-ring (bicyclic) bond motifs is 1. The fourth-order valence-electron chi connectivity index (χ4n) is 4.08. The van der Waals surface area contributed by atoms with Gasteiger partial charge in [0.05, 0.1) is 17.6 Å². The quantitative estimate of drug-likeness (QED) is 0.854. The summed E-state index contributed by atoms with van der Waals surface area (Å²) < 4.78 is 1.91. The lowest BCUT2D eigenvalue weighted by molar-refractivity contribution is -0.119. The SMILES string of the molecule is CN1CCN(CC(=O)N(C)c2cc(C3CC3)c3c(c2)c(C(=O)O)cn3C)CC1. The molecule has 1 aliphatic carbocycles. The maximum atomic E-state index is 12.9. The summed E-state index contributed by atoms with van der Waals surface area (Å²) in [5, 5.41) is 10.3. The maximum Gasteiger partial charge on any atom is 0.337 e. The smallest absolute Gasteiger partial charge is 0.337 e. The van der Waals surface area contributed by atoms with Crippen LogP contribution in [0.2, 0.25) is 0 Å². The Labute approximate surface area is 165 Å². The van der Waals surface area contributed by atoms with Crippen molar-refractivity contribution in [2.24, 2.45) is 7.05 Å². The van der Waals surface area contributed by atoms with Gasteiger partial charge in [-0.3, -0.25) is 9.69 Å². The number of aryl methyl sites for hydroxylation is 1. The van der Waals surface area contributed by atoms with Crippen molar-refractivity contribution in [2.45, 2.75) is 18.8 Å². The normalized spacial score (nSPS) is 18.5. The molecule has 1 saturated heterocycles. The molecule has 0 bridgehead atoms. The van der Waals surface area contributed by atoms with Gasteiger partial charge in [0, 0.05) is 57.5 Å². The van der Waals surface area contributed by atoms with Crippen LogP contribution in [0.5, 0.6) is 0 Å². The third-order valence-electron chi connectivity index (χ3n) is 6.05. The van der Waals surface area contributed by atoms with E-state index in [4.69, 9.17) is 0 Å². The van der Waals surface area contributed by atoms with Crippen LogP contribution in [0.3, 0.4) is 0 Å². The Morgan fingerprint density at radius 2 is 1.82 bits per heavy atom. The van der Waals surface area contributed by atoms with Gasteiger partial charge in [-0.1, -0.05) is 0 Å². The number of aromatic nitrogens is 1. The monoisotopic (exact) mass is 384 g/mol. The molecule has 4 rings (SSSR count). The molecule has 7 heteroatoms. The summed E-state index contributed by atoms with van der Waals surface area (Å²) >= 11 is 0. The molecule has 2 aromatic rings. The van der Waals surface area contributed by atoms with E-state index in [1.807, 2.05) is 17.7 Å². The number of piperazine rings is 1. The van der Waals surface area contributed by atoms with Crippen molar-refractivity contribution in [3.63, 3.8) is 0 Å². The zero-order valence-electron chi connectivity index (χ0n) is 16.8. The molecule has 2 fully saturated rings. The van der Waals surface area contributed by atoms with E-state index in [1.54, 1.807) is 18.1 Å². The summed E-state index contributed by atoms with van der Waals surface area (Å²) in [6.45, 7) is 4.12. The van der Waals surface area contributed by atoms with Crippen molar-refractivity contribution >= 4 is 28.5 Å². The largest absolute Gasteiger partial charge is 0.478 e. The third-order valence-corrected chi connectivity index (χ3v) is 6.05. The van der Waals surface area contributed by atoms with Crippen LogP contribution in [-0.2, 0) is 11.8 Å². The standard InChI is InChI=1S/C21H28N4O3/c1-22-6-8-25(9-7-22)13-19(26)24(3)15-10-16(14-4-5-14)20-17(11-15)18(21(27)28)12-23(20)2/h10-12,14H,4-9,13H2,1-3H3,(H,27,28). The number of hydrogen-bond donors (Lipinski definition) is 1. The second-order valence-corrected chi connectivity index (χ2v) is 8.20. The molecule has 7 nitrogen and oxygen atoms in total. The van der Waals surface area contributed by atoms with Crippen LogP contribution in [0.15, 0.2) is 18.3 Å². The molecule has 0 radical (unpaired) electrons. The van der Waals surface area contributed by atoms with Gasteiger partial charge >= 0.3 is 5.97 Å².